The fourth-order valence-corrected chi connectivity index (χ4v) is 2.36. The van der Waals surface area contributed by atoms with Crippen LogP contribution in [-0.2, 0) is 12.4 Å². The maximum absolute atomic E-state index is 5.67. The molecule has 3 rings (SSSR count). The first-order valence-electron chi connectivity index (χ1n) is 5.29. The van der Waals surface area contributed by atoms with E-state index >= 15 is 0 Å². The van der Waals surface area contributed by atoms with Gasteiger partial charge in [0.15, 0.2) is 5.76 Å². The van der Waals surface area contributed by atoms with Crippen LogP contribution >= 0.6 is 22.9 Å². The quantitative estimate of drug-likeness (QED) is 0.690. The maximum atomic E-state index is 5.67. The second kappa shape index (κ2) is 4.91. The average Bonchev–Trinajstić information content (AvgIpc) is 3.10. The van der Waals surface area contributed by atoms with Crippen molar-refractivity contribution in [1.29, 1.82) is 0 Å². The van der Waals surface area contributed by atoms with Crippen molar-refractivity contribution < 1.29 is 4.52 Å². The van der Waals surface area contributed by atoms with E-state index in [1.54, 1.807) is 22.2 Å². The van der Waals surface area contributed by atoms with Gasteiger partial charge >= 0.3 is 0 Å². The molecule has 0 radical (unpaired) electrons. The predicted octanol–water partition coefficient (Wildman–Crippen LogP) is 2.78. The van der Waals surface area contributed by atoms with Gasteiger partial charge in [-0.1, -0.05) is 16.4 Å². The molecule has 0 amide bonds. The molecule has 0 spiro atoms. The van der Waals surface area contributed by atoms with Gasteiger partial charge in [0.1, 0.15) is 5.69 Å². The largest absolute Gasteiger partial charge is 0.355 e. The first-order chi connectivity index (χ1) is 8.85. The number of nitrogens with zero attached hydrogens (tertiary/aromatic N) is 4. The lowest BCUT2D eigenvalue weighted by Gasteiger charge is -1.92. The van der Waals surface area contributed by atoms with Gasteiger partial charge in [0.2, 0.25) is 0 Å². The molecule has 0 fully saturated rings. The number of thiophene rings is 1. The predicted molar refractivity (Wildman–Crippen MR) is 68.5 cm³/mol. The lowest BCUT2D eigenvalue weighted by molar-refractivity contribution is 0.419. The molecule has 0 unspecified atom stereocenters. The third-order valence-electron chi connectivity index (χ3n) is 2.37. The average molecular weight is 281 g/mol. The molecule has 0 bridgehead atoms. The van der Waals surface area contributed by atoms with E-state index in [9.17, 15) is 0 Å². The second-order valence-electron chi connectivity index (χ2n) is 3.70. The topological polar surface area (TPSA) is 56.7 Å². The summed E-state index contributed by atoms with van der Waals surface area (Å²) in [5, 5.41) is 13.9. The molecule has 0 N–H and O–H groups in total. The fourth-order valence-electron chi connectivity index (χ4n) is 1.56. The Balaban J connectivity index is 1.77. The highest BCUT2D eigenvalue weighted by atomic mass is 35.5. The van der Waals surface area contributed by atoms with Crippen molar-refractivity contribution in [2.24, 2.45) is 0 Å². The summed E-state index contributed by atoms with van der Waals surface area (Å²) in [6.45, 7) is 0.527. The van der Waals surface area contributed by atoms with Crippen molar-refractivity contribution in [3.63, 3.8) is 0 Å². The Kier molecular flexibility index (Phi) is 3.12. The summed E-state index contributed by atoms with van der Waals surface area (Å²) in [5.41, 5.74) is 1.56. The van der Waals surface area contributed by atoms with Crippen LogP contribution in [0.15, 0.2) is 34.3 Å². The highest BCUT2D eigenvalue weighted by molar-refractivity contribution is 7.13. The summed E-state index contributed by atoms with van der Waals surface area (Å²) in [6.07, 6.45) is 1.80. The Morgan fingerprint density at radius 3 is 3.06 bits per heavy atom. The molecule has 0 aliphatic heterocycles. The molecule has 3 aromatic rings. The van der Waals surface area contributed by atoms with Crippen molar-refractivity contribution in [2.45, 2.75) is 12.4 Å². The Morgan fingerprint density at radius 2 is 2.33 bits per heavy atom. The standard InChI is InChI=1S/C11H9ClN4OS/c12-5-9-7-16(15-13-9)6-8-4-10(17-14-8)11-2-1-3-18-11/h1-4,7H,5-6H2. The van der Waals surface area contributed by atoms with Crippen LogP contribution in [0, 0.1) is 0 Å². The van der Waals surface area contributed by atoms with Gasteiger partial charge in [0.05, 0.1) is 29.2 Å². The summed E-state index contributed by atoms with van der Waals surface area (Å²) >= 11 is 7.28. The van der Waals surface area contributed by atoms with Crippen LogP contribution in [-0.4, -0.2) is 20.2 Å². The van der Waals surface area contributed by atoms with Gasteiger partial charge in [-0.2, -0.15) is 0 Å². The fraction of sp³-hybridized carbons (Fsp3) is 0.182. The summed E-state index contributed by atoms with van der Waals surface area (Å²) in [5.74, 6) is 1.14. The van der Waals surface area contributed by atoms with Gasteiger partial charge in [0.25, 0.3) is 0 Å². The molecule has 0 saturated carbocycles. The molecule has 0 aliphatic rings. The normalized spacial score (nSPS) is 10.9. The van der Waals surface area contributed by atoms with Crippen LogP contribution < -0.4 is 0 Å². The minimum Gasteiger partial charge on any atom is -0.355 e. The number of rotatable bonds is 4. The summed E-state index contributed by atoms with van der Waals surface area (Å²) in [7, 11) is 0. The minimum absolute atomic E-state index is 0.360. The smallest absolute Gasteiger partial charge is 0.177 e. The molecule has 18 heavy (non-hydrogen) atoms. The zero-order chi connectivity index (χ0) is 12.4. The van der Waals surface area contributed by atoms with E-state index in [-0.39, 0.29) is 0 Å². The zero-order valence-corrected chi connectivity index (χ0v) is 10.9. The van der Waals surface area contributed by atoms with E-state index < -0.39 is 0 Å². The summed E-state index contributed by atoms with van der Waals surface area (Å²) in [4.78, 5) is 1.06. The summed E-state index contributed by atoms with van der Waals surface area (Å²) < 4.78 is 6.98. The maximum Gasteiger partial charge on any atom is 0.177 e. The van der Waals surface area contributed by atoms with Crippen LogP contribution in [0.4, 0.5) is 0 Å². The van der Waals surface area contributed by atoms with Crippen molar-refractivity contribution in [1.82, 2.24) is 20.2 Å². The molecule has 0 aromatic carbocycles. The first kappa shape index (κ1) is 11.4. The number of alkyl halides is 1. The highest BCUT2D eigenvalue weighted by Gasteiger charge is 2.09. The van der Waals surface area contributed by atoms with Gasteiger partial charge < -0.3 is 4.52 Å². The van der Waals surface area contributed by atoms with E-state index in [0.717, 1.165) is 22.0 Å². The lowest BCUT2D eigenvalue weighted by Crippen LogP contribution is -2.00. The van der Waals surface area contributed by atoms with Gasteiger partial charge in [-0.15, -0.1) is 28.0 Å². The van der Waals surface area contributed by atoms with Crippen molar-refractivity contribution in [2.75, 3.05) is 0 Å². The Bertz CT molecular complexity index is 631. The van der Waals surface area contributed by atoms with Gasteiger partial charge in [-0.3, -0.25) is 0 Å². The molecule has 3 aromatic heterocycles. The third kappa shape index (κ3) is 2.30. The Morgan fingerprint density at radius 1 is 1.39 bits per heavy atom. The molecule has 0 aliphatic carbocycles. The molecule has 3 heterocycles. The van der Waals surface area contributed by atoms with E-state index in [1.807, 2.05) is 23.6 Å². The number of hydrogen-bond donors (Lipinski definition) is 0. The van der Waals surface area contributed by atoms with Crippen LogP contribution in [0.25, 0.3) is 10.6 Å². The molecule has 5 nitrogen and oxygen atoms in total. The first-order valence-corrected chi connectivity index (χ1v) is 6.71. The molecular formula is C11H9ClN4OS. The van der Waals surface area contributed by atoms with Crippen molar-refractivity contribution in [3.8, 4) is 10.6 Å². The molecule has 0 saturated heterocycles. The van der Waals surface area contributed by atoms with E-state index in [4.69, 9.17) is 16.1 Å². The van der Waals surface area contributed by atoms with Crippen LogP contribution in [0.2, 0.25) is 0 Å². The molecule has 7 heteroatoms. The van der Waals surface area contributed by atoms with E-state index in [1.165, 1.54) is 0 Å². The molecule has 0 atom stereocenters. The Labute approximate surface area is 112 Å². The monoisotopic (exact) mass is 280 g/mol. The van der Waals surface area contributed by atoms with Crippen molar-refractivity contribution in [3.05, 3.63) is 41.2 Å². The van der Waals surface area contributed by atoms with Crippen LogP contribution in [0.3, 0.4) is 0 Å². The number of halogens is 1. The highest BCUT2D eigenvalue weighted by Crippen LogP contribution is 2.25. The van der Waals surface area contributed by atoms with E-state index in [0.29, 0.717) is 12.4 Å². The lowest BCUT2D eigenvalue weighted by atomic mass is 10.3. The van der Waals surface area contributed by atoms with Crippen molar-refractivity contribution >= 4 is 22.9 Å². The third-order valence-corrected chi connectivity index (χ3v) is 3.53. The van der Waals surface area contributed by atoms with Crippen LogP contribution in [0.5, 0.6) is 0 Å². The Hall–Kier alpha value is -1.66. The van der Waals surface area contributed by atoms with Gasteiger partial charge in [-0.05, 0) is 11.4 Å². The summed E-state index contributed by atoms with van der Waals surface area (Å²) in [6, 6.07) is 5.89. The number of hydrogen-bond acceptors (Lipinski definition) is 5. The number of aromatic nitrogens is 4. The molecular weight excluding hydrogens is 272 g/mol. The SMILES string of the molecule is ClCc1cn(Cc2cc(-c3cccs3)on2)nn1. The second-order valence-corrected chi connectivity index (χ2v) is 4.92. The van der Waals surface area contributed by atoms with Gasteiger partial charge in [-0.25, -0.2) is 4.68 Å². The molecule has 92 valence electrons. The van der Waals surface area contributed by atoms with Crippen LogP contribution in [0.1, 0.15) is 11.4 Å². The van der Waals surface area contributed by atoms with E-state index in [2.05, 4.69) is 15.5 Å². The van der Waals surface area contributed by atoms with Gasteiger partial charge in [0, 0.05) is 6.07 Å². The zero-order valence-electron chi connectivity index (χ0n) is 9.28. The minimum atomic E-state index is 0.360.